The third-order valence-electron chi connectivity index (χ3n) is 1.58. The monoisotopic (exact) mass is 214 g/mol. The Hall–Kier alpha value is -0.100. The van der Waals surface area contributed by atoms with Crippen molar-refractivity contribution in [2.75, 3.05) is 23.0 Å². The first kappa shape index (κ1) is 11.9. The predicted octanol–water partition coefficient (Wildman–Crippen LogP) is -0.144. The summed E-state index contributed by atoms with van der Waals surface area (Å²) >= 11 is 0. The molecule has 0 saturated carbocycles. The molecule has 0 amide bonds. The van der Waals surface area contributed by atoms with E-state index in [4.69, 9.17) is 0 Å². The Morgan fingerprint density at radius 3 is 1.17 bits per heavy atom. The maximum Gasteiger partial charge on any atom is 0.151 e. The summed E-state index contributed by atoms with van der Waals surface area (Å²) in [6, 6.07) is 0. The second-order valence-electron chi connectivity index (χ2n) is 2.47. The summed E-state index contributed by atoms with van der Waals surface area (Å²) in [5, 5.41) is 0. The van der Waals surface area contributed by atoms with Gasteiger partial charge in [0.05, 0.1) is 11.5 Å². The second kappa shape index (κ2) is 4.23. The Morgan fingerprint density at radius 1 is 0.750 bits per heavy atom. The van der Waals surface area contributed by atoms with Crippen LogP contribution in [0.4, 0.5) is 0 Å². The van der Waals surface area contributed by atoms with E-state index in [0.29, 0.717) is 0 Å². The highest BCUT2D eigenvalue weighted by Gasteiger charge is 2.14. The smallest absolute Gasteiger partial charge is 0.151 e. The normalized spacial score (nSPS) is 13.2. The number of rotatable bonds is 5. The maximum atomic E-state index is 10.9. The van der Waals surface area contributed by atoms with Crippen molar-refractivity contribution in [3.63, 3.8) is 0 Å². The first-order chi connectivity index (χ1) is 5.33. The Bertz CT molecular complexity index is 277. The lowest BCUT2D eigenvalue weighted by atomic mass is 10.9. The molecule has 0 aliphatic heterocycles. The van der Waals surface area contributed by atoms with Crippen LogP contribution in [0, 0.1) is 0 Å². The lowest BCUT2D eigenvalue weighted by Gasteiger charge is -2.00. The van der Waals surface area contributed by atoms with Gasteiger partial charge in [0, 0.05) is 11.5 Å². The largest absolute Gasteiger partial charge is 0.229 e. The third-order valence-corrected chi connectivity index (χ3v) is 5.25. The van der Waals surface area contributed by atoms with Gasteiger partial charge < -0.3 is 0 Å². The average Bonchev–Trinajstić information content (AvgIpc) is 2.02. The molecule has 0 aliphatic rings. The summed E-state index contributed by atoms with van der Waals surface area (Å²) in [5.74, 6) is -0.488. The molecule has 74 valence electrons. The summed E-state index contributed by atoms with van der Waals surface area (Å²) in [5.41, 5.74) is 0. The zero-order valence-corrected chi connectivity index (χ0v) is 8.91. The van der Waals surface area contributed by atoms with E-state index < -0.39 is 19.7 Å². The molecule has 0 aromatic heterocycles. The van der Waals surface area contributed by atoms with E-state index in [1.54, 1.807) is 0 Å². The lowest BCUT2D eigenvalue weighted by molar-refractivity contribution is 0.589. The minimum absolute atomic E-state index is 0.00618. The standard InChI is InChI=1S/C6H14O4S2/c1-3-11(7,8)5-6-12(9,10)4-2/h3-6H2,1-2H3. The van der Waals surface area contributed by atoms with Crippen LogP contribution in [0.1, 0.15) is 13.8 Å². The number of sulfone groups is 2. The van der Waals surface area contributed by atoms with E-state index in [1.165, 1.54) is 13.8 Å². The molecule has 0 aromatic carbocycles. The molecule has 0 fully saturated rings. The summed E-state index contributed by atoms with van der Waals surface area (Å²) in [6.45, 7) is 3.02. The van der Waals surface area contributed by atoms with Crippen molar-refractivity contribution in [1.29, 1.82) is 0 Å². The van der Waals surface area contributed by atoms with Crippen LogP contribution in [0.15, 0.2) is 0 Å². The molecule has 0 N–H and O–H groups in total. The molecule has 0 aromatic rings. The van der Waals surface area contributed by atoms with E-state index in [1.807, 2.05) is 0 Å². The Morgan fingerprint density at radius 2 is 1.00 bits per heavy atom. The molecule has 0 spiro atoms. The van der Waals surface area contributed by atoms with Crippen molar-refractivity contribution in [2.45, 2.75) is 13.8 Å². The Kier molecular flexibility index (Phi) is 4.19. The van der Waals surface area contributed by atoms with Crippen molar-refractivity contribution in [1.82, 2.24) is 0 Å². The molecule has 6 heteroatoms. The highest BCUT2D eigenvalue weighted by molar-refractivity contribution is 7.95. The van der Waals surface area contributed by atoms with Gasteiger partial charge in [-0.05, 0) is 0 Å². The van der Waals surface area contributed by atoms with Crippen LogP contribution in [0.25, 0.3) is 0 Å². The molecule has 4 nitrogen and oxygen atoms in total. The van der Waals surface area contributed by atoms with Crippen LogP contribution < -0.4 is 0 Å². The van der Waals surface area contributed by atoms with Gasteiger partial charge in [-0.3, -0.25) is 0 Å². The number of hydrogen-bond donors (Lipinski definition) is 0. The summed E-state index contributed by atoms with van der Waals surface area (Å²) < 4.78 is 43.6. The first-order valence-corrected chi connectivity index (χ1v) is 7.38. The van der Waals surface area contributed by atoms with Crippen LogP contribution in [-0.4, -0.2) is 39.8 Å². The van der Waals surface area contributed by atoms with Gasteiger partial charge in [0.1, 0.15) is 0 Å². The highest BCUT2D eigenvalue weighted by Crippen LogP contribution is 1.95. The predicted molar refractivity (Wildman–Crippen MR) is 48.7 cm³/mol. The molecular formula is C6H14O4S2. The van der Waals surface area contributed by atoms with Crippen LogP contribution in [0.3, 0.4) is 0 Å². The van der Waals surface area contributed by atoms with Crippen molar-refractivity contribution in [3.8, 4) is 0 Å². The molecule has 0 aliphatic carbocycles. The highest BCUT2D eigenvalue weighted by atomic mass is 32.2. The summed E-state index contributed by atoms with van der Waals surface area (Å²) in [4.78, 5) is 0. The second-order valence-corrected chi connectivity index (χ2v) is 7.42. The van der Waals surface area contributed by atoms with Gasteiger partial charge in [0.25, 0.3) is 0 Å². The molecule has 0 unspecified atom stereocenters. The minimum atomic E-state index is -3.14. The lowest BCUT2D eigenvalue weighted by Crippen LogP contribution is -2.19. The summed E-state index contributed by atoms with van der Waals surface area (Å²) in [7, 11) is -6.28. The molecule has 0 atom stereocenters. The van der Waals surface area contributed by atoms with Gasteiger partial charge in [-0.2, -0.15) is 0 Å². The topological polar surface area (TPSA) is 68.3 Å². The van der Waals surface area contributed by atoms with E-state index in [0.717, 1.165) is 0 Å². The fourth-order valence-electron chi connectivity index (χ4n) is 0.543. The van der Waals surface area contributed by atoms with Crippen molar-refractivity contribution in [3.05, 3.63) is 0 Å². The van der Waals surface area contributed by atoms with E-state index in [-0.39, 0.29) is 23.0 Å². The van der Waals surface area contributed by atoms with Crippen molar-refractivity contribution >= 4 is 19.7 Å². The van der Waals surface area contributed by atoms with Crippen LogP contribution in [0.5, 0.6) is 0 Å². The minimum Gasteiger partial charge on any atom is -0.229 e. The average molecular weight is 214 g/mol. The Labute approximate surface area is 73.8 Å². The first-order valence-electron chi connectivity index (χ1n) is 3.74. The SMILES string of the molecule is CCS(=O)(=O)CCS(=O)(=O)CC. The fourth-order valence-corrected chi connectivity index (χ4v) is 3.15. The van der Waals surface area contributed by atoms with Gasteiger partial charge >= 0.3 is 0 Å². The molecule has 0 saturated heterocycles. The maximum absolute atomic E-state index is 10.9. The summed E-state index contributed by atoms with van der Waals surface area (Å²) in [6.07, 6.45) is 0. The molecule has 0 bridgehead atoms. The van der Waals surface area contributed by atoms with Crippen molar-refractivity contribution in [2.24, 2.45) is 0 Å². The van der Waals surface area contributed by atoms with Crippen LogP contribution in [-0.2, 0) is 19.7 Å². The van der Waals surface area contributed by atoms with Crippen molar-refractivity contribution < 1.29 is 16.8 Å². The number of hydrogen-bond acceptors (Lipinski definition) is 4. The van der Waals surface area contributed by atoms with Gasteiger partial charge in [0.2, 0.25) is 0 Å². The van der Waals surface area contributed by atoms with E-state index >= 15 is 0 Å². The van der Waals surface area contributed by atoms with Crippen LogP contribution in [0.2, 0.25) is 0 Å². The van der Waals surface area contributed by atoms with Gasteiger partial charge in [-0.25, -0.2) is 16.8 Å². The van der Waals surface area contributed by atoms with E-state index in [9.17, 15) is 16.8 Å². The molecule has 0 radical (unpaired) electrons. The fraction of sp³-hybridized carbons (Fsp3) is 1.00. The van der Waals surface area contributed by atoms with E-state index in [2.05, 4.69) is 0 Å². The molecule has 12 heavy (non-hydrogen) atoms. The van der Waals surface area contributed by atoms with Gasteiger partial charge in [0.15, 0.2) is 19.7 Å². The zero-order valence-electron chi connectivity index (χ0n) is 7.28. The molecular weight excluding hydrogens is 200 g/mol. The molecule has 0 rings (SSSR count). The third kappa shape index (κ3) is 4.71. The quantitative estimate of drug-likeness (QED) is 0.638. The Balaban J connectivity index is 4.20. The van der Waals surface area contributed by atoms with Gasteiger partial charge in [-0.1, -0.05) is 13.8 Å². The van der Waals surface area contributed by atoms with Gasteiger partial charge in [-0.15, -0.1) is 0 Å². The zero-order chi connectivity index (χ0) is 9.83. The van der Waals surface area contributed by atoms with Crippen LogP contribution >= 0.6 is 0 Å². The molecule has 0 heterocycles.